The number of nitrogens with one attached hydrogen (secondary N) is 1. The summed E-state index contributed by atoms with van der Waals surface area (Å²) in [6.45, 7) is -1.34. The molecular formula is C30H55NO15. The van der Waals surface area contributed by atoms with E-state index in [-0.39, 0.29) is 25.0 Å². The van der Waals surface area contributed by atoms with Crippen LogP contribution in [0.2, 0.25) is 0 Å². The highest BCUT2D eigenvalue weighted by Gasteiger charge is 2.49. The second-order valence-electron chi connectivity index (χ2n) is 12.6. The van der Waals surface area contributed by atoms with Crippen LogP contribution in [-0.2, 0) is 23.7 Å². The van der Waals surface area contributed by atoms with Crippen molar-refractivity contribution in [1.29, 1.82) is 0 Å². The molecule has 0 aromatic carbocycles. The van der Waals surface area contributed by atoms with Crippen molar-refractivity contribution in [3.05, 3.63) is 0 Å². The second kappa shape index (κ2) is 19.9. The first kappa shape index (κ1) is 39.5. The minimum absolute atomic E-state index is 0.102. The number of hydrogen-bond acceptors (Lipinski definition) is 16. The van der Waals surface area contributed by atoms with Gasteiger partial charge in [-0.05, 0) is 19.3 Å². The molecule has 16 nitrogen and oxygen atoms in total. The molecule has 0 saturated carbocycles. The van der Waals surface area contributed by atoms with Crippen LogP contribution in [0.25, 0.3) is 0 Å². The molecule has 3 aliphatic heterocycles. The molecule has 0 unspecified atom stereocenters. The van der Waals surface area contributed by atoms with Crippen molar-refractivity contribution in [2.75, 3.05) is 26.4 Å². The Morgan fingerprint density at radius 3 is 1.67 bits per heavy atom. The minimum atomic E-state index is -1.60. The molecule has 0 radical (unpaired) electrons. The summed E-state index contributed by atoms with van der Waals surface area (Å²) in [4.78, 5) is 12.2. The summed E-state index contributed by atoms with van der Waals surface area (Å²) in [5.41, 5.74) is 0. The van der Waals surface area contributed by atoms with Crippen molar-refractivity contribution >= 4 is 5.78 Å². The van der Waals surface area contributed by atoms with Crippen LogP contribution in [0.15, 0.2) is 0 Å². The highest BCUT2D eigenvalue weighted by molar-refractivity contribution is 5.78. The summed E-state index contributed by atoms with van der Waals surface area (Å²) in [6, 6.07) is -0.995. The van der Waals surface area contributed by atoms with E-state index in [0.29, 0.717) is 25.7 Å². The zero-order valence-corrected chi connectivity index (χ0v) is 26.2. The van der Waals surface area contributed by atoms with E-state index in [2.05, 4.69) is 5.32 Å². The van der Waals surface area contributed by atoms with Gasteiger partial charge < -0.3 is 75.3 Å². The van der Waals surface area contributed by atoms with Gasteiger partial charge in [-0.25, -0.2) is 0 Å². The molecule has 0 bridgehead atoms. The summed E-state index contributed by atoms with van der Waals surface area (Å²) in [5, 5.41) is 102. The Bertz CT molecular complexity index is 868. The first-order chi connectivity index (χ1) is 22.0. The maximum Gasteiger partial charge on any atom is 0.187 e. The fourth-order valence-corrected chi connectivity index (χ4v) is 6.22. The fourth-order valence-electron chi connectivity index (χ4n) is 6.22. The third-order valence-corrected chi connectivity index (χ3v) is 9.11. The van der Waals surface area contributed by atoms with Gasteiger partial charge in [0, 0.05) is 18.9 Å². The van der Waals surface area contributed by atoms with E-state index in [9.17, 15) is 55.9 Å². The average Bonchev–Trinajstić information content (AvgIpc) is 3.35. The van der Waals surface area contributed by atoms with Gasteiger partial charge in [-0.15, -0.1) is 0 Å². The average molecular weight is 670 g/mol. The summed E-state index contributed by atoms with van der Waals surface area (Å²) >= 11 is 0. The highest BCUT2D eigenvalue weighted by atomic mass is 16.7. The molecule has 16 heteroatoms. The lowest BCUT2D eigenvalue weighted by atomic mass is 9.98. The molecule has 46 heavy (non-hydrogen) atoms. The quantitative estimate of drug-likeness (QED) is 0.0563. The van der Waals surface area contributed by atoms with Gasteiger partial charge >= 0.3 is 0 Å². The molecule has 270 valence electrons. The number of ketones is 1. The van der Waals surface area contributed by atoms with Gasteiger partial charge in [-0.1, -0.05) is 38.5 Å². The first-order valence-corrected chi connectivity index (χ1v) is 16.5. The van der Waals surface area contributed by atoms with Gasteiger partial charge in [0.15, 0.2) is 12.6 Å². The lowest BCUT2D eigenvalue weighted by Crippen LogP contribution is -2.60. The van der Waals surface area contributed by atoms with Gasteiger partial charge in [0.05, 0.1) is 38.6 Å². The van der Waals surface area contributed by atoms with E-state index in [0.717, 1.165) is 44.9 Å². The zero-order chi connectivity index (χ0) is 33.8. The highest BCUT2D eigenvalue weighted by Crippen LogP contribution is 2.29. The molecule has 0 aromatic heterocycles. The third kappa shape index (κ3) is 10.8. The number of carbonyl (C=O) groups is 1. The SMILES string of the molecule is O=C(CCCCCCCCC[C@H]1N[C@H](CO)[C@@H](O)[C@@H]1O[C@@H]1O[C@H](CO)[C@@H](O)[C@H](O)[C@H]1O)CCCO[C@H]1O[C@H](CO)[C@@H](O)[C@H](O)[C@H]1O. The predicted octanol–water partition coefficient (Wildman–Crippen LogP) is -3.46. The number of ether oxygens (including phenoxy) is 4. The molecule has 3 heterocycles. The molecule has 0 spiro atoms. The minimum Gasteiger partial charge on any atom is -0.395 e. The molecule has 3 saturated heterocycles. The Morgan fingerprint density at radius 1 is 0.565 bits per heavy atom. The number of aliphatic hydroxyl groups excluding tert-OH is 10. The van der Waals surface area contributed by atoms with Gasteiger partial charge in [0.25, 0.3) is 0 Å². The van der Waals surface area contributed by atoms with Crippen molar-refractivity contribution in [1.82, 2.24) is 5.32 Å². The van der Waals surface area contributed by atoms with Gasteiger partial charge in [0.2, 0.25) is 0 Å². The molecular weight excluding hydrogens is 614 g/mol. The Morgan fingerprint density at radius 2 is 1.09 bits per heavy atom. The van der Waals surface area contributed by atoms with Crippen molar-refractivity contribution in [2.24, 2.45) is 0 Å². The van der Waals surface area contributed by atoms with E-state index >= 15 is 0 Å². The summed E-state index contributed by atoms with van der Waals surface area (Å²) in [7, 11) is 0. The van der Waals surface area contributed by atoms with Crippen LogP contribution in [-0.4, -0.2) is 169 Å². The van der Waals surface area contributed by atoms with Gasteiger partial charge in [0.1, 0.15) is 60.7 Å². The van der Waals surface area contributed by atoms with Gasteiger partial charge in [-0.3, -0.25) is 4.79 Å². The Balaban J connectivity index is 1.24. The smallest absolute Gasteiger partial charge is 0.187 e. The monoisotopic (exact) mass is 669 g/mol. The van der Waals surface area contributed by atoms with Gasteiger partial charge in [-0.2, -0.15) is 0 Å². The van der Waals surface area contributed by atoms with Crippen LogP contribution in [0.3, 0.4) is 0 Å². The number of rotatable bonds is 20. The summed E-state index contributed by atoms with van der Waals surface area (Å²) in [5.74, 6) is 0.102. The lowest BCUT2D eigenvalue weighted by molar-refractivity contribution is -0.316. The summed E-state index contributed by atoms with van der Waals surface area (Å²) < 4.78 is 22.0. The van der Waals surface area contributed by atoms with Crippen LogP contribution < -0.4 is 5.32 Å². The third-order valence-electron chi connectivity index (χ3n) is 9.11. The Hall–Kier alpha value is -0.930. The molecule has 0 aliphatic carbocycles. The lowest BCUT2D eigenvalue weighted by Gasteiger charge is -2.41. The Labute approximate surface area is 268 Å². The van der Waals surface area contributed by atoms with Crippen LogP contribution in [0, 0.1) is 0 Å². The van der Waals surface area contributed by atoms with E-state index in [1.807, 2.05) is 0 Å². The van der Waals surface area contributed by atoms with Crippen LogP contribution in [0.4, 0.5) is 0 Å². The van der Waals surface area contributed by atoms with Crippen molar-refractivity contribution < 1.29 is 74.8 Å². The largest absolute Gasteiger partial charge is 0.395 e. The molecule has 11 N–H and O–H groups in total. The number of Topliss-reactive ketones (excluding diaryl/α,β-unsaturated/α-hetero) is 1. The molecule has 3 fully saturated rings. The van der Waals surface area contributed by atoms with Crippen LogP contribution >= 0.6 is 0 Å². The normalized spacial score (nSPS) is 40.0. The molecule has 3 aliphatic rings. The maximum absolute atomic E-state index is 12.2. The van der Waals surface area contributed by atoms with E-state index < -0.39 is 92.9 Å². The molecule has 0 aromatic rings. The van der Waals surface area contributed by atoms with E-state index in [1.165, 1.54) is 0 Å². The molecule has 0 amide bonds. The second-order valence-corrected chi connectivity index (χ2v) is 12.6. The number of aliphatic hydroxyl groups is 10. The Kier molecular flexibility index (Phi) is 17.1. The van der Waals surface area contributed by atoms with Crippen molar-refractivity contribution in [2.45, 2.75) is 156 Å². The molecule has 3 rings (SSSR count). The standard InChI is InChI=1S/C30H55NO15/c32-13-18-21(36)28(46-30-27(42)25(40)23(38)20(15-34)45-30)17(31-18)11-7-5-3-1-2-4-6-9-16(35)10-8-12-43-29-26(41)24(39)22(37)19(14-33)44-29/h17-34,36-42H,1-15H2/t17-,18-,19-,20-,21-,22-,23-,24+,25+,26-,27-,28-,29+,30+/m1/s1. The van der Waals surface area contributed by atoms with Crippen molar-refractivity contribution in [3.8, 4) is 0 Å². The fraction of sp³-hybridized carbons (Fsp3) is 0.967. The number of hydrogen-bond donors (Lipinski definition) is 11. The van der Waals surface area contributed by atoms with Crippen molar-refractivity contribution in [3.63, 3.8) is 0 Å². The summed E-state index contributed by atoms with van der Waals surface area (Å²) in [6.07, 6.45) is -7.69. The van der Waals surface area contributed by atoms with E-state index in [4.69, 9.17) is 18.9 Å². The molecule has 14 atom stereocenters. The van der Waals surface area contributed by atoms with E-state index in [1.54, 1.807) is 0 Å². The maximum atomic E-state index is 12.2. The number of unbranched alkanes of at least 4 members (excludes halogenated alkanes) is 6. The predicted molar refractivity (Wildman–Crippen MR) is 158 cm³/mol. The van der Waals surface area contributed by atoms with Crippen LogP contribution in [0.5, 0.6) is 0 Å². The first-order valence-electron chi connectivity index (χ1n) is 16.5. The number of carbonyl (C=O) groups excluding carboxylic acids is 1. The topological polar surface area (TPSA) is 268 Å². The zero-order valence-electron chi connectivity index (χ0n) is 26.2. The van der Waals surface area contributed by atoms with Crippen LogP contribution in [0.1, 0.15) is 70.6 Å².